The van der Waals surface area contributed by atoms with Crippen LogP contribution in [0, 0.1) is 5.92 Å². The first-order valence-corrected chi connectivity index (χ1v) is 10.2. The Morgan fingerprint density at radius 1 is 1.26 bits per heavy atom. The molecule has 1 aliphatic rings. The van der Waals surface area contributed by atoms with Crippen molar-refractivity contribution < 1.29 is 9.47 Å². The van der Waals surface area contributed by atoms with Crippen molar-refractivity contribution in [2.24, 2.45) is 10.9 Å². The number of unbranched alkanes of at least 4 members (excludes halogenated alkanes) is 1. The Morgan fingerprint density at radius 2 is 2.19 bits per heavy atom. The molecule has 1 aromatic rings. The fraction of sp³-hybridized carbons (Fsp3) is 0.700. The molecule has 1 aromatic heterocycles. The molecule has 0 radical (unpaired) electrons. The molecule has 1 aliphatic heterocycles. The molecule has 0 saturated carbocycles. The maximum absolute atomic E-state index is 5.72. The van der Waals surface area contributed by atoms with E-state index in [1.807, 2.05) is 18.2 Å². The fourth-order valence-electron chi connectivity index (χ4n) is 2.80. The number of nitrogens with one attached hydrogen (secondary N) is 3. The fourth-order valence-corrected chi connectivity index (χ4v) is 2.80. The summed E-state index contributed by atoms with van der Waals surface area (Å²) in [6.45, 7) is 8.87. The monoisotopic (exact) mass is 377 g/mol. The maximum Gasteiger partial charge on any atom is 0.191 e. The topological polar surface area (TPSA) is 79.8 Å². The highest BCUT2D eigenvalue weighted by Gasteiger charge is 2.15. The summed E-state index contributed by atoms with van der Waals surface area (Å²) in [5, 5.41) is 10.0. The van der Waals surface area contributed by atoms with Gasteiger partial charge in [0.1, 0.15) is 5.82 Å². The molecule has 3 N–H and O–H groups in total. The number of aliphatic imine (C=N–C) groups is 1. The molecule has 2 rings (SSSR count). The van der Waals surface area contributed by atoms with Gasteiger partial charge in [0.05, 0.1) is 13.2 Å². The van der Waals surface area contributed by atoms with E-state index in [0.717, 1.165) is 90.1 Å². The number of hydrogen-bond acceptors (Lipinski definition) is 5. The van der Waals surface area contributed by atoms with Crippen molar-refractivity contribution in [1.29, 1.82) is 0 Å². The Bertz CT molecular complexity index is 506. The lowest BCUT2D eigenvalue weighted by Gasteiger charge is -2.12. The van der Waals surface area contributed by atoms with E-state index in [0.29, 0.717) is 5.92 Å². The minimum atomic E-state index is 0.583. The quantitative estimate of drug-likeness (QED) is 0.278. The number of guanidine groups is 1. The predicted octanol–water partition coefficient (Wildman–Crippen LogP) is 2.27. The number of pyridine rings is 1. The van der Waals surface area contributed by atoms with Crippen LogP contribution in [0.25, 0.3) is 0 Å². The van der Waals surface area contributed by atoms with Gasteiger partial charge in [-0.1, -0.05) is 6.07 Å². The highest BCUT2D eigenvalue weighted by atomic mass is 16.5. The van der Waals surface area contributed by atoms with E-state index in [1.54, 1.807) is 6.20 Å². The molecule has 1 atom stereocenters. The van der Waals surface area contributed by atoms with Crippen LogP contribution in [0.15, 0.2) is 29.4 Å². The SMILES string of the molecule is CCNC(=NCCCOCC1CCOC1)NCCCCNc1ccccn1. The summed E-state index contributed by atoms with van der Waals surface area (Å²) in [7, 11) is 0. The third-order valence-corrected chi connectivity index (χ3v) is 4.31. The van der Waals surface area contributed by atoms with E-state index >= 15 is 0 Å². The molecule has 1 unspecified atom stereocenters. The number of aromatic nitrogens is 1. The normalized spacial score (nSPS) is 17.1. The van der Waals surface area contributed by atoms with Crippen molar-refractivity contribution in [2.75, 3.05) is 57.9 Å². The summed E-state index contributed by atoms with van der Waals surface area (Å²) in [6, 6.07) is 5.90. The zero-order valence-electron chi connectivity index (χ0n) is 16.6. The number of nitrogens with zero attached hydrogens (tertiary/aromatic N) is 2. The predicted molar refractivity (Wildman–Crippen MR) is 110 cm³/mol. The van der Waals surface area contributed by atoms with Crippen LogP contribution in [0.4, 0.5) is 5.82 Å². The van der Waals surface area contributed by atoms with Gasteiger partial charge in [-0.05, 0) is 44.7 Å². The van der Waals surface area contributed by atoms with Gasteiger partial charge in [0.15, 0.2) is 5.96 Å². The van der Waals surface area contributed by atoms with Crippen LogP contribution in [0.5, 0.6) is 0 Å². The summed E-state index contributed by atoms with van der Waals surface area (Å²) in [4.78, 5) is 8.87. The van der Waals surface area contributed by atoms with Crippen LogP contribution >= 0.6 is 0 Å². The number of ether oxygens (including phenoxy) is 2. The van der Waals surface area contributed by atoms with Gasteiger partial charge in [0, 0.05) is 51.5 Å². The molecule has 7 nitrogen and oxygen atoms in total. The molecule has 2 heterocycles. The Kier molecular flexibility index (Phi) is 11.3. The molecule has 152 valence electrons. The molecule has 1 fully saturated rings. The van der Waals surface area contributed by atoms with Crippen LogP contribution in [0.1, 0.15) is 32.6 Å². The van der Waals surface area contributed by atoms with E-state index in [1.165, 1.54) is 0 Å². The Hall–Kier alpha value is -1.86. The third kappa shape index (κ3) is 10.2. The summed E-state index contributed by atoms with van der Waals surface area (Å²) < 4.78 is 11.1. The van der Waals surface area contributed by atoms with Crippen LogP contribution < -0.4 is 16.0 Å². The zero-order valence-corrected chi connectivity index (χ0v) is 16.6. The second kappa shape index (κ2) is 14.2. The number of rotatable bonds is 13. The van der Waals surface area contributed by atoms with Gasteiger partial charge in [-0.25, -0.2) is 4.98 Å². The Morgan fingerprint density at radius 3 is 2.96 bits per heavy atom. The minimum Gasteiger partial charge on any atom is -0.381 e. The van der Waals surface area contributed by atoms with E-state index in [-0.39, 0.29) is 0 Å². The summed E-state index contributed by atoms with van der Waals surface area (Å²) in [5.74, 6) is 2.40. The smallest absolute Gasteiger partial charge is 0.191 e. The lowest BCUT2D eigenvalue weighted by Crippen LogP contribution is -2.38. The average molecular weight is 378 g/mol. The summed E-state index contributed by atoms with van der Waals surface area (Å²) >= 11 is 0. The van der Waals surface area contributed by atoms with Crippen molar-refractivity contribution in [3.8, 4) is 0 Å². The van der Waals surface area contributed by atoms with Gasteiger partial charge in [0.2, 0.25) is 0 Å². The molecule has 0 amide bonds. The molecule has 7 heteroatoms. The van der Waals surface area contributed by atoms with Gasteiger partial charge in [-0.15, -0.1) is 0 Å². The third-order valence-electron chi connectivity index (χ3n) is 4.31. The summed E-state index contributed by atoms with van der Waals surface area (Å²) in [5.41, 5.74) is 0. The molecule has 0 bridgehead atoms. The van der Waals surface area contributed by atoms with Crippen LogP contribution in [0.3, 0.4) is 0 Å². The lowest BCUT2D eigenvalue weighted by molar-refractivity contribution is 0.0893. The van der Waals surface area contributed by atoms with E-state index in [4.69, 9.17) is 9.47 Å². The van der Waals surface area contributed by atoms with Gasteiger partial charge in [-0.2, -0.15) is 0 Å². The van der Waals surface area contributed by atoms with Gasteiger partial charge >= 0.3 is 0 Å². The van der Waals surface area contributed by atoms with Gasteiger partial charge in [0.25, 0.3) is 0 Å². The number of anilines is 1. The Balaban J connectivity index is 1.48. The largest absolute Gasteiger partial charge is 0.381 e. The molecule has 27 heavy (non-hydrogen) atoms. The Labute approximate surface area is 163 Å². The van der Waals surface area contributed by atoms with E-state index in [9.17, 15) is 0 Å². The molecular weight excluding hydrogens is 342 g/mol. The second-order valence-corrected chi connectivity index (χ2v) is 6.69. The average Bonchev–Trinajstić information content (AvgIpc) is 3.21. The zero-order chi connectivity index (χ0) is 19.0. The molecule has 1 saturated heterocycles. The molecule has 0 aromatic carbocycles. The van der Waals surface area contributed by atoms with Crippen molar-refractivity contribution in [3.63, 3.8) is 0 Å². The summed E-state index contributed by atoms with van der Waals surface area (Å²) in [6.07, 6.45) is 6.04. The standard InChI is InChI=1S/C20H35N5O2/c1-2-21-20(25-13-7-14-26-16-18-9-15-27-17-18)24-12-6-5-11-23-19-8-3-4-10-22-19/h3-4,8,10,18H,2,5-7,9,11-17H2,1H3,(H,22,23)(H2,21,24,25). The highest BCUT2D eigenvalue weighted by Crippen LogP contribution is 2.12. The molecular formula is C20H35N5O2. The highest BCUT2D eigenvalue weighted by molar-refractivity contribution is 5.79. The van der Waals surface area contributed by atoms with Crippen molar-refractivity contribution in [3.05, 3.63) is 24.4 Å². The second-order valence-electron chi connectivity index (χ2n) is 6.69. The van der Waals surface area contributed by atoms with E-state index < -0.39 is 0 Å². The minimum absolute atomic E-state index is 0.583. The van der Waals surface area contributed by atoms with Gasteiger partial charge in [-0.3, -0.25) is 4.99 Å². The lowest BCUT2D eigenvalue weighted by atomic mass is 10.1. The van der Waals surface area contributed by atoms with Crippen LogP contribution in [-0.2, 0) is 9.47 Å². The van der Waals surface area contributed by atoms with Crippen LogP contribution in [-0.4, -0.2) is 63.6 Å². The van der Waals surface area contributed by atoms with Crippen molar-refractivity contribution >= 4 is 11.8 Å². The van der Waals surface area contributed by atoms with Crippen molar-refractivity contribution in [1.82, 2.24) is 15.6 Å². The van der Waals surface area contributed by atoms with Crippen LogP contribution in [0.2, 0.25) is 0 Å². The maximum atomic E-state index is 5.72. The number of hydrogen-bond donors (Lipinski definition) is 3. The van der Waals surface area contributed by atoms with Gasteiger partial charge < -0.3 is 25.4 Å². The first kappa shape index (κ1) is 21.4. The first-order chi connectivity index (χ1) is 13.4. The van der Waals surface area contributed by atoms with Crippen molar-refractivity contribution in [2.45, 2.75) is 32.6 Å². The molecule has 0 aliphatic carbocycles. The van der Waals surface area contributed by atoms with E-state index in [2.05, 4.69) is 32.9 Å². The first-order valence-electron chi connectivity index (χ1n) is 10.2. The molecule has 0 spiro atoms.